The summed E-state index contributed by atoms with van der Waals surface area (Å²) in [6, 6.07) is 9.29. The minimum Gasteiger partial charge on any atom is -0.486 e. The van der Waals surface area contributed by atoms with Gasteiger partial charge < -0.3 is 19.9 Å². The maximum Gasteiger partial charge on any atom is 0.255 e. The number of para-hydroxylation sites is 1. The summed E-state index contributed by atoms with van der Waals surface area (Å²) in [5, 5.41) is 14.8. The third-order valence-corrected chi connectivity index (χ3v) is 5.52. The van der Waals surface area contributed by atoms with Crippen molar-refractivity contribution in [1.29, 1.82) is 0 Å². The van der Waals surface area contributed by atoms with Crippen molar-refractivity contribution in [2.24, 2.45) is 5.92 Å². The Bertz CT molecular complexity index is 725. The van der Waals surface area contributed by atoms with E-state index in [1.165, 1.54) is 0 Å². The molecular weight excluding hydrogens is 326 g/mol. The topological polar surface area (TPSA) is 67.8 Å². The van der Waals surface area contributed by atoms with E-state index in [-0.39, 0.29) is 24.0 Å². The molecule has 1 aromatic heterocycles. The number of hydrogen-bond acceptors (Lipinski definition) is 5. The lowest BCUT2D eigenvalue weighted by atomic mass is 9.76. The summed E-state index contributed by atoms with van der Waals surface area (Å²) in [5.74, 6) is 1.22. The summed E-state index contributed by atoms with van der Waals surface area (Å²) >= 11 is 1.62. The molecule has 1 saturated carbocycles. The van der Waals surface area contributed by atoms with E-state index in [0.29, 0.717) is 30.3 Å². The zero-order valence-corrected chi connectivity index (χ0v) is 13.9. The fraction of sp³-hybridized carbons (Fsp3) is 0.389. The van der Waals surface area contributed by atoms with Crippen molar-refractivity contribution >= 4 is 17.2 Å². The van der Waals surface area contributed by atoms with Gasteiger partial charge in [0, 0.05) is 4.88 Å². The molecule has 1 aliphatic heterocycles. The Morgan fingerprint density at radius 1 is 1.21 bits per heavy atom. The smallest absolute Gasteiger partial charge is 0.255 e. The Morgan fingerprint density at radius 3 is 2.79 bits per heavy atom. The second-order valence-electron chi connectivity index (χ2n) is 6.18. The van der Waals surface area contributed by atoms with E-state index >= 15 is 0 Å². The van der Waals surface area contributed by atoms with E-state index in [9.17, 15) is 9.90 Å². The number of ether oxygens (including phenoxy) is 2. The van der Waals surface area contributed by atoms with E-state index in [2.05, 4.69) is 5.32 Å². The Labute approximate surface area is 144 Å². The molecule has 1 atom stereocenters. The molecule has 1 amide bonds. The standard InChI is InChI=1S/C18H19NO4S/c20-12-9-11(10-12)16(15-5-2-8-24-15)19-18(21)13-3-1-4-14-17(13)23-7-6-22-14/h1-5,8,11-12,16,20H,6-7,9-10H2,(H,19,21)/t11?,12?,16-/m0/s1. The maximum absolute atomic E-state index is 12.8. The first-order chi connectivity index (χ1) is 11.7. The number of carbonyl (C=O) groups is 1. The second kappa shape index (κ2) is 6.45. The molecule has 0 unspecified atom stereocenters. The first kappa shape index (κ1) is 15.5. The molecule has 1 aliphatic carbocycles. The summed E-state index contributed by atoms with van der Waals surface area (Å²) in [6.07, 6.45) is 1.18. The van der Waals surface area contributed by atoms with E-state index in [1.807, 2.05) is 23.6 Å². The molecule has 6 heteroatoms. The third-order valence-electron chi connectivity index (χ3n) is 4.57. The molecule has 2 heterocycles. The third kappa shape index (κ3) is 2.87. The van der Waals surface area contributed by atoms with Crippen LogP contribution < -0.4 is 14.8 Å². The normalized spacial score (nSPS) is 23.2. The van der Waals surface area contributed by atoms with Crippen LogP contribution in [0, 0.1) is 5.92 Å². The lowest BCUT2D eigenvalue weighted by molar-refractivity contribution is 0.0240. The number of rotatable bonds is 4. The number of fused-ring (bicyclic) bond motifs is 1. The van der Waals surface area contributed by atoms with Crippen LogP contribution in [0.25, 0.3) is 0 Å². The monoisotopic (exact) mass is 345 g/mol. The lowest BCUT2D eigenvalue weighted by Gasteiger charge is -2.37. The molecule has 126 valence electrons. The first-order valence-electron chi connectivity index (χ1n) is 8.13. The first-order valence-corrected chi connectivity index (χ1v) is 9.01. The maximum atomic E-state index is 12.8. The number of thiophene rings is 1. The quantitative estimate of drug-likeness (QED) is 0.894. The van der Waals surface area contributed by atoms with Crippen LogP contribution in [-0.2, 0) is 0 Å². The molecule has 1 fully saturated rings. The van der Waals surface area contributed by atoms with Crippen LogP contribution in [0.1, 0.15) is 34.1 Å². The van der Waals surface area contributed by atoms with Gasteiger partial charge in [0.1, 0.15) is 13.2 Å². The summed E-state index contributed by atoms with van der Waals surface area (Å²) in [5.41, 5.74) is 0.494. The molecule has 0 radical (unpaired) electrons. The van der Waals surface area contributed by atoms with E-state index in [0.717, 1.165) is 17.7 Å². The molecule has 0 spiro atoms. The minimum atomic E-state index is -0.254. The number of aliphatic hydroxyl groups excluding tert-OH is 1. The largest absolute Gasteiger partial charge is 0.486 e. The molecule has 0 saturated heterocycles. The van der Waals surface area contributed by atoms with Gasteiger partial charge in [-0.05, 0) is 42.3 Å². The van der Waals surface area contributed by atoms with Gasteiger partial charge in [0.2, 0.25) is 0 Å². The summed E-state index contributed by atoms with van der Waals surface area (Å²) in [6.45, 7) is 0.941. The predicted molar refractivity (Wildman–Crippen MR) is 90.7 cm³/mol. The second-order valence-corrected chi connectivity index (χ2v) is 7.16. The van der Waals surface area contributed by atoms with E-state index in [1.54, 1.807) is 23.5 Å². The highest BCUT2D eigenvalue weighted by Crippen LogP contribution is 2.40. The van der Waals surface area contributed by atoms with Crippen molar-refractivity contribution in [3.8, 4) is 11.5 Å². The highest BCUT2D eigenvalue weighted by Gasteiger charge is 2.36. The number of hydrogen-bond donors (Lipinski definition) is 2. The lowest BCUT2D eigenvalue weighted by Crippen LogP contribution is -2.41. The Hall–Kier alpha value is -2.05. The SMILES string of the molecule is O=C(N[C@H](c1cccs1)C1CC(O)C1)c1cccc2c1OCCO2. The minimum absolute atomic E-state index is 0.0822. The Kier molecular flexibility index (Phi) is 4.16. The van der Waals surface area contributed by atoms with Gasteiger partial charge in [0.15, 0.2) is 11.5 Å². The average Bonchev–Trinajstić information content (AvgIpc) is 3.11. The molecule has 1 aromatic carbocycles. The van der Waals surface area contributed by atoms with Crippen LogP contribution in [-0.4, -0.2) is 30.3 Å². The number of carbonyl (C=O) groups excluding carboxylic acids is 1. The van der Waals surface area contributed by atoms with Gasteiger partial charge in [-0.3, -0.25) is 4.79 Å². The molecule has 2 N–H and O–H groups in total. The van der Waals surface area contributed by atoms with Crippen LogP contribution in [0.2, 0.25) is 0 Å². The zero-order valence-electron chi connectivity index (χ0n) is 13.1. The fourth-order valence-electron chi connectivity index (χ4n) is 3.26. The molecule has 2 aliphatic rings. The van der Waals surface area contributed by atoms with Gasteiger partial charge in [-0.1, -0.05) is 12.1 Å². The summed E-state index contributed by atoms with van der Waals surface area (Å²) in [4.78, 5) is 14.0. The van der Waals surface area contributed by atoms with Gasteiger partial charge in [0.25, 0.3) is 5.91 Å². The Morgan fingerprint density at radius 2 is 2.04 bits per heavy atom. The van der Waals surface area contributed by atoms with E-state index < -0.39 is 0 Å². The molecule has 0 bridgehead atoms. The van der Waals surface area contributed by atoms with Crippen LogP contribution in [0.3, 0.4) is 0 Å². The highest BCUT2D eigenvalue weighted by atomic mass is 32.1. The Balaban J connectivity index is 1.58. The van der Waals surface area contributed by atoms with Gasteiger partial charge >= 0.3 is 0 Å². The molecule has 24 heavy (non-hydrogen) atoms. The molecule has 2 aromatic rings. The molecule has 4 rings (SSSR count). The molecule has 5 nitrogen and oxygen atoms in total. The van der Waals surface area contributed by atoms with Crippen molar-refractivity contribution in [2.45, 2.75) is 25.0 Å². The highest BCUT2D eigenvalue weighted by molar-refractivity contribution is 7.10. The van der Waals surface area contributed by atoms with Gasteiger partial charge in [0.05, 0.1) is 17.7 Å². The van der Waals surface area contributed by atoms with Crippen LogP contribution in [0.5, 0.6) is 11.5 Å². The van der Waals surface area contributed by atoms with Gasteiger partial charge in [-0.2, -0.15) is 0 Å². The van der Waals surface area contributed by atoms with Gasteiger partial charge in [-0.25, -0.2) is 0 Å². The van der Waals surface area contributed by atoms with E-state index in [4.69, 9.17) is 9.47 Å². The summed E-state index contributed by atoms with van der Waals surface area (Å²) < 4.78 is 11.2. The van der Waals surface area contributed by atoms with Crippen molar-refractivity contribution in [3.63, 3.8) is 0 Å². The van der Waals surface area contributed by atoms with Gasteiger partial charge in [-0.15, -0.1) is 11.3 Å². The number of aliphatic hydroxyl groups is 1. The van der Waals surface area contributed by atoms with Crippen LogP contribution in [0.15, 0.2) is 35.7 Å². The summed E-state index contributed by atoms with van der Waals surface area (Å²) in [7, 11) is 0. The van der Waals surface area contributed by atoms with Crippen molar-refractivity contribution in [1.82, 2.24) is 5.32 Å². The number of benzene rings is 1. The van der Waals surface area contributed by atoms with Crippen molar-refractivity contribution < 1.29 is 19.4 Å². The zero-order chi connectivity index (χ0) is 16.5. The van der Waals surface area contributed by atoms with Crippen LogP contribution in [0.4, 0.5) is 0 Å². The van der Waals surface area contributed by atoms with Crippen LogP contribution >= 0.6 is 11.3 Å². The fourth-order valence-corrected chi connectivity index (χ4v) is 4.13. The number of nitrogens with one attached hydrogen (secondary N) is 1. The number of amides is 1. The molecular formula is C18H19NO4S. The van der Waals surface area contributed by atoms with Crippen molar-refractivity contribution in [2.75, 3.05) is 13.2 Å². The van der Waals surface area contributed by atoms with Crippen molar-refractivity contribution in [3.05, 3.63) is 46.2 Å². The average molecular weight is 345 g/mol. The predicted octanol–water partition coefficient (Wildman–Crippen LogP) is 2.76.